The maximum Gasteiger partial charge on any atom is 0.285 e. The molecule has 2 atom stereocenters. The number of ether oxygens (including phenoxy) is 1. The summed E-state index contributed by atoms with van der Waals surface area (Å²) in [5.41, 5.74) is 1.98. The van der Waals surface area contributed by atoms with Crippen molar-refractivity contribution in [1.29, 1.82) is 0 Å². The third kappa shape index (κ3) is 6.19. The molecule has 1 aliphatic heterocycles. The van der Waals surface area contributed by atoms with Crippen LogP contribution in [0.1, 0.15) is 41.0 Å². The van der Waals surface area contributed by atoms with Crippen LogP contribution in [0.2, 0.25) is 5.15 Å². The van der Waals surface area contributed by atoms with Crippen LogP contribution in [0.25, 0.3) is 10.9 Å². The summed E-state index contributed by atoms with van der Waals surface area (Å²) in [6.07, 6.45) is 5.02. The molecule has 222 valence electrons. The molecule has 42 heavy (non-hydrogen) atoms. The van der Waals surface area contributed by atoms with E-state index in [2.05, 4.69) is 15.4 Å². The van der Waals surface area contributed by atoms with E-state index in [-0.39, 0.29) is 28.2 Å². The molecule has 5 rings (SSSR count). The van der Waals surface area contributed by atoms with Crippen LogP contribution in [0.5, 0.6) is 5.75 Å². The average Bonchev–Trinajstić information content (AvgIpc) is 3.54. The summed E-state index contributed by atoms with van der Waals surface area (Å²) in [6.45, 7) is 4.94. The largest absolute Gasteiger partial charge is 0.485 e. The zero-order valence-corrected chi connectivity index (χ0v) is 25.3. The van der Waals surface area contributed by atoms with E-state index in [0.29, 0.717) is 35.7 Å². The maximum atomic E-state index is 13.6. The molecule has 1 amide bonds. The minimum atomic E-state index is -3.83. The van der Waals surface area contributed by atoms with Crippen molar-refractivity contribution < 1.29 is 17.9 Å². The van der Waals surface area contributed by atoms with Crippen LogP contribution in [0.3, 0.4) is 0 Å². The predicted octanol–water partition coefficient (Wildman–Crippen LogP) is 2.54. The number of pyridine rings is 1. The topological polar surface area (TPSA) is 153 Å². The van der Waals surface area contributed by atoms with Crippen molar-refractivity contribution in [3.63, 3.8) is 0 Å². The first kappa shape index (κ1) is 29.3. The lowest BCUT2D eigenvalue weighted by atomic mass is 10.0. The summed E-state index contributed by atoms with van der Waals surface area (Å²) in [7, 11) is -0.305. The van der Waals surface area contributed by atoms with Gasteiger partial charge in [-0.15, -0.1) is 0 Å². The predicted molar refractivity (Wildman–Crippen MR) is 160 cm³/mol. The molecular formula is C27H31ClN8O5S. The van der Waals surface area contributed by atoms with Crippen molar-refractivity contribution in [2.75, 3.05) is 29.6 Å². The number of amides is 1. The fourth-order valence-electron chi connectivity index (χ4n) is 5.06. The van der Waals surface area contributed by atoms with Gasteiger partial charge < -0.3 is 15.0 Å². The third-order valence-electron chi connectivity index (χ3n) is 6.94. The normalized spacial score (nSPS) is 16.0. The van der Waals surface area contributed by atoms with Gasteiger partial charge >= 0.3 is 0 Å². The van der Waals surface area contributed by atoms with Gasteiger partial charge in [-0.1, -0.05) is 17.7 Å². The monoisotopic (exact) mass is 614 g/mol. The SMILES string of the molecule is Cc1cc([C@@H](C)Nc2ccc(Cl)nc2C(=O)NS(C)(=O)=O)c2nc(N3CC[C@@H](Oc4cnn(C)c4)C3)n(C)c(=O)c2c1. The van der Waals surface area contributed by atoms with Crippen molar-refractivity contribution in [2.45, 2.75) is 32.4 Å². The summed E-state index contributed by atoms with van der Waals surface area (Å²) in [4.78, 5) is 37.3. The molecule has 2 N–H and O–H groups in total. The number of anilines is 2. The van der Waals surface area contributed by atoms with Gasteiger partial charge in [-0.3, -0.25) is 18.8 Å². The van der Waals surface area contributed by atoms with Gasteiger partial charge in [0, 0.05) is 32.6 Å². The molecule has 4 heterocycles. The van der Waals surface area contributed by atoms with Crippen LogP contribution in [0.4, 0.5) is 11.6 Å². The van der Waals surface area contributed by atoms with Crippen LogP contribution in [-0.2, 0) is 24.1 Å². The Morgan fingerprint density at radius 1 is 1.21 bits per heavy atom. The van der Waals surface area contributed by atoms with E-state index in [4.69, 9.17) is 21.3 Å². The zero-order valence-electron chi connectivity index (χ0n) is 23.8. The Morgan fingerprint density at radius 3 is 2.67 bits per heavy atom. The van der Waals surface area contributed by atoms with Gasteiger partial charge in [0.05, 0.1) is 47.8 Å². The van der Waals surface area contributed by atoms with E-state index in [1.165, 1.54) is 6.07 Å². The second-order valence-corrected chi connectivity index (χ2v) is 12.6. The number of benzene rings is 1. The van der Waals surface area contributed by atoms with Gasteiger partial charge in [0.1, 0.15) is 11.3 Å². The number of sulfonamides is 1. The fourth-order valence-corrected chi connectivity index (χ4v) is 5.65. The Bertz CT molecular complexity index is 1860. The van der Waals surface area contributed by atoms with Gasteiger partial charge in [0.25, 0.3) is 11.5 Å². The first-order chi connectivity index (χ1) is 19.8. The number of hydrogen-bond acceptors (Lipinski definition) is 10. The molecule has 1 saturated heterocycles. The molecule has 0 radical (unpaired) electrons. The van der Waals surface area contributed by atoms with Crippen LogP contribution >= 0.6 is 11.6 Å². The molecular weight excluding hydrogens is 584 g/mol. The minimum absolute atomic E-state index is 0.0269. The van der Waals surface area contributed by atoms with E-state index >= 15 is 0 Å². The lowest BCUT2D eigenvalue weighted by Crippen LogP contribution is -2.32. The van der Waals surface area contributed by atoms with Gasteiger partial charge in [-0.05, 0) is 37.6 Å². The first-order valence-electron chi connectivity index (χ1n) is 13.2. The number of carbonyl (C=O) groups is 1. The van der Waals surface area contributed by atoms with Gasteiger partial charge in [-0.25, -0.2) is 23.1 Å². The van der Waals surface area contributed by atoms with Crippen LogP contribution in [-0.4, -0.2) is 64.1 Å². The number of halogens is 1. The Hall–Kier alpha value is -4.17. The Kier molecular flexibility index (Phi) is 7.86. The molecule has 15 heteroatoms. The van der Waals surface area contributed by atoms with E-state index in [9.17, 15) is 18.0 Å². The summed E-state index contributed by atoms with van der Waals surface area (Å²) >= 11 is 6.02. The number of nitrogens with one attached hydrogen (secondary N) is 2. The standard InChI is InChI=1S/C27H31ClN8O5S/c1-15-10-19(16(2)30-21-6-7-22(28)31-24(21)25(37)33-42(5,39)40)23-20(11-15)26(38)35(4)27(32-23)36-9-8-17(14-36)41-18-12-29-34(3)13-18/h6-7,10-13,16-17,30H,8-9,14H2,1-5H3,(H,33,37)/t16-,17-/m1/s1. The smallest absolute Gasteiger partial charge is 0.285 e. The quantitative estimate of drug-likeness (QED) is 0.283. The highest BCUT2D eigenvalue weighted by Crippen LogP contribution is 2.30. The second-order valence-electron chi connectivity index (χ2n) is 10.5. The number of aromatic nitrogens is 5. The Labute approximate surface area is 247 Å². The average molecular weight is 615 g/mol. The number of nitrogens with zero attached hydrogens (tertiary/aromatic N) is 6. The van der Waals surface area contributed by atoms with Crippen molar-refractivity contribution >= 4 is 50.1 Å². The van der Waals surface area contributed by atoms with Crippen LogP contribution in [0.15, 0.2) is 41.5 Å². The fraction of sp³-hybridized carbons (Fsp3) is 0.370. The van der Waals surface area contributed by atoms with Crippen molar-refractivity contribution in [2.24, 2.45) is 14.1 Å². The number of hydrogen-bond donors (Lipinski definition) is 2. The summed E-state index contributed by atoms with van der Waals surface area (Å²) in [6, 6.07) is 6.30. The summed E-state index contributed by atoms with van der Waals surface area (Å²) < 4.78 is 34.6. The Morgan fingerprint density at radius 2 is 1.98 bits per heavy atom. The number of rotatable bonds is 8. The third-order valence-corrected chi connectivity index (χ3v) is 7.70. The highest BCUT2D eigenvalue weighted by atomic mass is 35.5. The highest BCUT2D eigenvalue weighted by molar-refractivity contribution is 7.89. The van der Waals surface area contributed by atoms with E-state index in [1.54, 1.807) is 34.6 Å². The minimum Gasteiger partial charge on any atom is -0.485 e. The van der Waals surface area contributed by atoms with E-state index in [0.717, 1.165) is 23.8 Å². The second kappa shape index (κ2) is 11.2. The molecule has 1 fully saturated rings. The van der Waals surface area contributed by atoms with Crippen LogP contribution in [0, 0.1) is 6.92 Å². The molecule has 0 bridgehead atoms. The van der Waals surface area contributed by atoms with Gasteiger partial charge in [-0.2, -0.15) is 5.10 Å². The summed E-state index contributed by atoms with van der Waals surface area (Å²) in [5.74, 6) is 0.280. The number of aryl methyl sites for hydroxylation is 2. The van der Waals surface area contributed by atoms with Crippen molar-refractivity contribution in [3.8, 4) is 5.75 Å². The van der Waals surface area contributed by atoms with Crippen LogP contribution < -0.4 is 25.2 Å². The molecule has 0 saturated carbocycles. The molecule has 0 unspecified atom stereocenters. The lowest BCUT2D eigenvalue weighted by molar-refractivity contribution is 0.0977. The van der Waals surface area contributed by atoms with E-state index < -0.39 is 22.0 Å². The Balaban J connectivity index is 1.49. The molecule has 0 aliphatic carbocycles. The van der Waals surface area contributed by atoms with Crippen molar-refractivity contribution in [3.05, 3.63) is 69.0 Å². The first-order valence-corrected chi connectivity index (χ1v) is 15.4. The van der Waals surface area contributed by atoms with Gasteiger partial charge in [0.2, 0.25) is 16.0 Å². The zero-order chi connectivity index (χ0) is 30.3. The van der Waals surface area contributed by atoms with Crippen molar-refractivity contribution in [1.82, 2.24) is 29.0 Å². The molecule has 0 spiro atoms. The molecule has 4 aromatic rings. The maximum absolute atomic E-state index is 13.6. The number of carbonyl (C=O) groups excluding carboxylic acids is 1. The highest BCUT2D eigenvalue weighted by Gasteiger charge is 2.28. The molecule has 3 aromatic heterocycles. The van der Waals surface area contributed by atoms with Gasteiger partial charge in [0.15, 0.2) is 11.4 Å². The van der Waals surface area contributed by atoms with E-state index in [1.807, 2.05) is 42.8 Å². The lowest BCUT2D eigenvalue weighted by Gasteiger charge is -2.23. The number of fused-ring (bicyclic) bond motifs is 1. The molecule has 1 aromatic carbocycles. The summed E-state index contributed by atoms with van der Waals surface area (Å²) in [5, 5.41) is 7.86. The molecule has 13 nitrogen and oxygen atoms in total. The molecule has 1 aliphatic rings.